The molecule has 0 saturated heterocycles. The Kier molecular flexibility index (Phi) is 6.28. The molecule has 0 radical (unpaired) electrons. The molecule has 0 heterocycles. The lowest BCUT2D eigenvalue weighted by Crippen LogP contribution is -2.24. The highest BCUT2D eigenvalue weighted by Gasteiger charge is 2.11. The van der Waals surface area contributed by atoms with E-state index >= 15 is 0 Å². The van der Waals surface area contributed by atoms with Crippen LogP contribution in [0.3, 0.4) is 0 Å². The summed E-state index contributed by atoms with van der Waals surface area (Å²) in [5.74, 6) is 1.60. The first-order chi connectivity index (χ1) is 10.7. The minimum Gasteiger partial charge on any atom is -0.493 e. The predicted octanol–water partition coefficient (Wildman–Crippen LogP) is 4.16. The van der Waals surface area contributed by atoms with Gasteiger partial charge in [0.05, 0.1) is 7.11 Å². The van der Waals surface area contributed by atoms with E-state index in [0.29, 0.717) is 12.6 Å². The zero-order valence-corrected chi connectivity index (χ0v) is 13.6. The highest BCUT2D eigenvalue weighted by Crippen LogP contribution is 2.31. The standard InChI is InChI=1S/C19H25NO2/c1-4-15(2)20-13-17-11-8-12-18(21-3)19(17)22-14-16-9-6-5-7-10-16/h5-12,15,20H,4,13-14H2,1-3H3/t15-/m0/s1. The summed E-state index contributed by atoms with van der Waals surface area (Å²) in [7, 11) is 1.68. The molecule has 0 amide bonds. The zero-order chi connectivity index (χ0) is 15.8. The Morgan fingerprint density at radius 3 is 2.50 bits per heavy atom. The van der Waals surface area contributed by atoms with E-state index < -0.39 is 0 Å². The van der Waals surface area contributed by atoms with Crippen molar-refractivity contribution in [3.05, 3.63) is 59.7 Å². The normalized spacial score (nSPS) is 12.0. The van der Waals surface area contributed by atoms with Crippen LogP contribution in [0.4, 0.5) is 0 Å². The molecule has 2 aromatic carbocycles. The second-order valence-electron chi connectivity index (χ2n) is 5.41. The van der Waals surface area contributed by atoms with Crippen molar-refractivity contribution in [3.8, 4) is 11.5 Å². The molecule has 0 bridgehead atoms. The average Bonchev–Trinajstić information content (AvgIpc) is 2.58. The van der Waals surface area contributed by atoms with Gasteiger partial charge in [-0.2, -0.15) is 0 Å². The van der Waals surface area contributed by atoms with Gasteiger partial charge in [-0.3, -0.25) is 0 Å². The molecule has 22 heavy (non-hydrogen) atoms. The van der Waals surface area contributed by atoms with Gasteiger partial charge >= 0.3 is 0 Å². The number of nitrogens with one attached hydrogen (secondary N) is 1. The van der Waals surface area contributed by atoms with E-state index in [4.69, 9.17) is 9.47 Å². The number of methoxy groups -OCH3 is 1. The van der Waals surface area contributed by atoms with Gasteiger partial charge in [-0.15, -0.1) is 0 Å². The summed E-state index contributed by atoms with van der Waals surface area (Å²) < 4.78 is 11.5. The molecule has 0 unspecified atom stereocenters. The second-order valence-corrected chi connectivity index (χ2v) is 5.41. The molecule has 0 aliphatic rings. The third kappa shape index (κ3) is 4.50. The Bertz CT molecular complexity index is 569. The molecule has 0 fully saturated rings. The van der Waals surface area contributed by atoms with E-state index in [2.05, 4.69) is 37.4 Å². The summed E-state index contributed by atoms with van der Waals surface area (Å²) in [6, 6.07) is 16.7. The molecule has 118 valence electrons. The van der Waals surface area contributed by atoms with Gasteiger partial charge in [-0.1, -0.05) is 49.4 Å². The Morgan fingerprint density at radius 2 is 1.82 bits per heavy atom. The Labute approximate surface area is 133 Å². The minimum atomic E-state index is 0.480. The van der Waals surface area contributed by atoms with Crippen LogP contribution in [-0.2, 0) is 13.2 Å². The van der Waals surface area contributed by atoms with Crippen molar-refractivity contribution in [3.63, 3.8) is 0 Å². The maximum absolute atomic E-state index is 6.05. The van der Waals surface area contributed by atoms with Gasteiger partial charge < -0.3 is 14.8 Å². The second kappa shape index (κ2) is 8.44. The molecule has 0 spiro atoms. The molecule has 3 heteroatoms. The van der Waals surface area contributed by atoms with Crippen LogP contribution < -0.4 is 14.8 Å². The molecule has 1 N–H and O–H groups in total. The lowest BCUT2D eigenvalue weighted by molar-refractivity contribution is 0.280. The molecule has 2 rings (SSSR count). The fourth-order valence-electron chi connectivity index (χ4n) is 2.18. The summed E-state index contributed by atoms with van der Waals surface area (Å²) in [6.45, 7) is 5.68. The number of rotatable bonds is 8. The number of ether oxygens (including phenoxy) is 2. The van der Waals surface area contributed by atoms with Crippen molar-refractivity contribution < 1.29 is 9.47 Å². The summed E-state index contributed by atoms with van der Waals surface area (Å²) in [4.78, 5) is 0. The fraction of sp³-hybridized carbons (Fsp3) is 0.368. The van der Waals surface area contributed by atoms with Gasteiger partial charge in [0.1, 0.15) is 6.61 Å². The lowest BCUT2D eigenvalue weighted by Gasteiger charge is -2.17. The number of hydrogen-bond donors (Lipinski definition) is 1. The first kappa shape index (κ1) is 16.4. The van der Waals surface area contributed by atoms with E-state index in [1.165, 1.54) is 0 Å². The summed E-state index contributed by atoms with van der Waals surface area (Å²) >= 11 is 0. The maximum Gasteiger partial charge on any atom is 0.166 e. The fourth-order valence-corrected chi connectivity index (χ4v) is 2.18. The highest BCUT2D eigenvalue weighted by atomic mass is 16.5. The molecule has 0 aliphatic carbocycles. The van der Waals surface area contributed by atoms with Crippen LogP contribution in [0, 0.1) is 0 Å². The Balaban J connectivity index is 2.12. The molecule has 2 aromatic rings. The van der Waals surface area contributed by atoms with Crippen LogP contribution in [0.5, 0.6) is 11.5 Å². The first-order valence-corrected chi connectivity index (χ1v) is 7.80. The van der Waals surface area contributed by atoms with Gasteiger partial charge in [0.15, 0.2) is 11.5 Å². The molecule has 0 aliphatic heterocycles. The van der Waals surface area contributed by atoms with Gasteiger partial charge in [0.25, 0.3) is 0 Å². The lowest BCUT2D eigenvalue weighted by atomic mass is 10.1. The monoisotopic (exact) mass is 299 g/mol. The first-order valence-electron chi connectivity index (χ1n) is 7.80. The van der Waals surface area contributed by atoms with Crippen molar-refractivity contribution >= 4 is 0 Å². The maximum atomic E-state index is 6.05. The predicted molar refractivity (Wildman–Crippen MR) is 90.4 cm³/mol. The van der Waals surface area contributed by atoms with Gasteiger partial charge in [-0.25, -0.2) is 0 Å². The van der Waals surface area contributed by atoms with Crippen LogP contribution >= 0.6 is 0 Å². The third-order valence-corrected chi connectivity index (χ3v) is 3.76. The van der Waals surface area contributed by atoms with Gasteiger partial charge in [0.2, 0.25) is 0 Å². The topological polar surface area (TPSA) is 30.5 Å². The van der Waals surface area contributed by atoms with Crippen molar-refractivity contribution in [2.24, 2.45) is 0 Å². The number of hydrogen-bond acceptors (Lipinski definition) is 3. The van der Waals surface area contributed by atoms with Crippen LogP contribution in [-0.4, -0.2) is 13.2 Å². The van der Waals surface area contributed by atoms with Crippen molar-refractivity contribution in [2.75, 3.05) is 7.11 Å². The van der Waals surface area contributed by atoms with Crippen LogP contribution in [0.2, 0.25) is 0 Å². The molecular formula is C19H25NO2. The van der Waals surface area contributed by atoms with E-state index in [0.717, 1.165) is 35.6 Å². The van der Waals surface area contributed by atoms with Crippen molar-refractivity contribution in [1.82, 2.24) is 5.32 Å². The summed E-state index contributed by atoms with van der Waals surface area (Å²) in [5, 5.41) is 3.50. The quantitative estimate of drug-likeness (QED) is 0.794. The summed E-state index contributed by atoms with van der Waals surface area (Å²) in [6.07, 6.45) is 1.10. The smallest absolute Gasteiger partial charge is 0.166 e. The molecule has 0 saturated carbocycles. The van der Waals surface area contributed by atoms with E-state index in [1.54, 1.807) is 7.11 Å². The number of benzene rings is 2. The van der Waals surface area contributed by atoms with Crippen molar-refractivity contribution in [2.45, 2.75) is 39.5 Å². The molecule has 0 aromatic heterocycles. The Morgan fingerprint density at radius 1 is 1.05 bits per heavy atom. The van der Waals surface area contributed by atoms with E-state index in [-0.39, 0.29) is 0 Å². The largest absolute Gasteiger partial charge is 0.493 e. The Hall–Kier alpha value is -2.00. The summed E-state index contributed by atoms with van der Waals surface area (Å²) in [5.41, 5.74) is 2.27. The van der Waals surface area contributed by atoms with Gasteiger partial charge in [0, 0.05) is 18.2 Å². The van der Waals surface area contributed by atoms with E-state index in [9.17, 15) is 0 Å². The van der Waals surface area contributed by atoms with Crippen LogP contribution in [0.25, 0.3) is 0 Å². The minimum absolute atomic E-state index is 0.480. The molecular weight excluding hydrogens is 274 g/mol. The SMILES string of the molecule is CC[C@H](C)NCc1cccc(OC)c1OCc1ccccc1. The highest BCUT2D eigenvalue weighted by molar-refractivity contribution is 5.46. The molecule has 1 atom stereocenters. The van der Waals surface area contributed by atoms with Crippen LogP contribution in [0.15, 0.2) is 48.5 Å². The van der Waals surface area contributed by atoms with Crippen LogP contribution in [0.1, 0.15) is 31.4 Å². The van der Waals surface area contributed by atoms with Crippen molar-refractivity contribution in [1.29, 1.82) is 0 Å². The zero-order valence-electron chi connectivity index (χ0n) is 13.6. The molecule has 3 nitrogen and oxygen atoms in total. The van der Waals surface area contributed by atoms with Gasteiger partial charge in [-0.05, 0) is 25.0 Å². The number of para-hydroxylation sites is 1. The average molecular weight is 299 g/mol. The van der Waals surface area contributed by atoms with E-state index in [1.807, 2.05) is 30.3 Å². The third-order valence-electron chi connectivity index (χ3n) is 3.76.